The second-order valence-corrected chi connectivity index (χ2v) is 12.4. The average molecular weight is 633 g/mol. The van der Waals surface area contributed by atoms with E-state index in [1.54, 1.807) is 11.8 Å². The van der Waals surface area contributed by atoms with Crippen LogP contribution in [0.15, 0.2) is 157 Å². The van der Waals surface area contributed by atoms with Gasteiger partial charge in [-0.15, -0.1) is 0 Å². The van der Waals surface area contributed by atoms with Crippen LogP contribution in [0.25, 0.3) is 0 Å². The quantitative estimate of drug-likeness (QED) is 0.115. The van der Waals surface area contributed by atoms with Crippen LogP contribution >= 0.6 is 11.8 Å². The lowest BCUT2D eigenvalue weighted by atomic mass is 9.98. The van der Waals surface area contributed by atoms with Crippen molar-refractivity contribution in [3.05, 3.63) is 174 Å². The van der Waals surface area contributed by atoms with E-state index in [1.807, 2.05) is 91.0 Å². The Hall–Kier alpha value is -3.75. The number of hydrogen-bond donors (Lipinski definition) is 0. The second-order valence-electron chi connectivity index (χ2n) is 11.3. The summed E-state index contributed by atoms with van der Waals surface area (Å²) in [6, 6.07) is 51.2. The van der Waals surface area contributed by atoms with Crippen LogP contribution in [0.2, 0.25) is 0 Å². The third-order valence-corrected chi connectivity index (χ3v) is 8.99. The molecule has 0 amide bonds. The summed E-state index contributed by atoms with van der Waals surface area (Å²) in [5.74, 6) is 0. The molecule has 0 saturated carbocycles. The molecule has 236 valence electrons. The molecule has 5 atom stereocenters. The standard InChI is InChI=1S/C40H40O5S/c1-6-16-31(17-7-1)26-41-30-36-37(42-27-32-18-8-2-9-19-32)38(43-28-33-20-10-3-11-21-33)39(44-29-34-22-12-4-13-23-34)40(45-36)46-35-24-14-5-15-25-35/h1-25,36-40H,26-30H2/t36?,37-,38+,39?,40-/m1/s1. The first-order chi connectivity index (χ1) is 22.8. The van der Waals surface area contributed by atoms with E-state index in [0.29, 0.717) is 33.0 Å². The lowest BCUT2D eigenvalue weighted by Crippen LogP contribution is -2.60. The van der Waals surface area contributed by atoms with Crippen LogP contribution in [-0.2, 0) is 50.1 Å². The van der Waals surface area contributed by atoms with Crippen LogP contribution in [0.4, 0.5) is 0 Å². The van der Waals surface area contributed by atoms with E-state index < -0.39 is 24.4 Å². The molecule has 2 unspecified atom stereocenters. The molecule has 1 heterocycles. The summed E-state index contributed by atoms with van der Waals surface area (Å²) in [5, 5.41) is 0. The minimum absolute atomic E-state index is 0.344. The van der Waals surface area contributed by atoms with Crippen LogP contribution in [0, 0.1) is 0 Å². The van der Waals surface area contributed by atoms with Crippen molar-refractivity contribution in [2.24, 2.45) is 0 Å². The summed E-state index contributed by atoms with van der Waals surface area (Å²) < 4.78 is 33.6. The Morgan fingerprint density at radius 2 is 0.826 bits per heavy atom. The van der Waals surface area contributed by atoms with Crippen LogP contribution in [0.1, 0.15) is 22.3 Å². The van der Waals surface area contributed by atoms with Gasteiger partial charge >= 0.3 is 0 Å². The Morgan fingerprint density at radius 3 is 1.30 bits per heavy atom. The zero-order valence-corrected chi connectivity index (χ0v) is 26.6. The molecule has 1 aliphatic heterocycles. The largest absolute Gasteiger partial charge is 0.374 e. The van der Waals surface area contributed by atoms with Gasteiger partial charge in [0, 0.05) is 4.90 Å². The highest BCUT2D eigenvalue weighted by Crippen LogP contribution is 2.38. The van der Waals surface area contributed by atoms with Gasteiger partial charge in [0.15, 0.2) is 0 Å². The van der Waals surface area contributed by atoms with Crippen molar-refractivity contribution in [3.8, 4) is 0 Å². The first-order valence-electron chi connectivity index (χ1n) is 15.8. The maximum atomic E-state index is 6.92. The van der Waals surface area contributed by atoms with Gasteiger partial charge in [-0.2, -0.15) is 0 Å². The maximum absolute atomic E-state index is 6.92. The summed E-state index contributed by atoms with van der Waals surface area (Å²) in [7, 11) is 0. The van der Waals surface area contributed by atoms with Crippen molar-refractivity contribution < 1.29 is 23.7 Å². The maximum Gasteiger partial charge on any atom is 0.137 e. The van der Waals surface area contributed by atoms with Gasteiger partial charge < -0.3 is 23.7 Å². The summed E-state index contributed by atoms with van der Waals surface area (Å²) in [5.41, 5.74) is 3.99. The van der Waals surface area contributed by atoms with Crippen LogP contribution < -0.4 is 0 Å². The van der Waals surface area contributed by atoms with Crippen LogP contribution in [0.5, 0.6) is 0 Å². The third-order valence-electron chi connectivity index (χ3n) is 7.84. The monoisotopic (exact) mass is 632 g/mol. The Bertz CT molecular complexity index is 1540. The number of ether oxygens (including phenoxy) is 5. The van der Waals surface area contributed by atoms with Gasteiger partial charge in [-0.05, 0) is 34.4 Å². The number of rotatable bonds is 15. The van der Waals surface area contributed by atoms with Gasteiger partial charge in [0.05, 0.1) is 33.0 Å². The Balaban J connectivity index is 1.31. The van der Waals surface area contributed by atoms with E-state index in [4.69, 9.17) is 23.7 Å². The van der Waals surface area contributed by atoms with E-state index in [0.717, 1.165) is 27.1 Å². The fraction of sp³-hybridized carbons (Fsp3) is 0.250. The molecule has 0 spiro atoms. The number of hydrogen-bond acceptors (Lipinski definition) is 6. The molecule has 0 aromatic heterocycles. The van der Waals surface area contributed by atoms with Crippen LogP contribution in [0.3, 0.4) is 0 Å². The normalized spacial score (nSPS) is 21.2. The highest BCUT2D eigenvalue weighted by Gasteiger charge is 2.48. The molecular formula is C40H40O5S. The molecule has 5 nitrogen and oxygen atoms in total. The molecule has 0 radical (unpaired) electrons. The van der Waals surface area contributed by atoms with Crippen molar-refractivity contribution >= 4 is 11.8 Å². The first kappa shape index (κ1) is 32.2. The lowest BCUT2D eigenvalue weighted by Gasteiger charge is -2.46. The Morgan fingerprint density at radius 1 is 0.435 bits per heavy atom. The van der Waals surface area contributed by atoms with Crippen LogP contribution in [-0.4, -0.2) is 36.5 Å². The van der Waals surface area contributed by atoms with E-state index in [2.05, 4.69) is 60.7 Å². The van der Waals surface area contributed by atoms with Gasteiger partial charge in [-0.1, -0.05) is 151 Å². The molecule has 6 rings (SSSR count). The van der Waals surface area contributed by atoms with E-state index in [1.165, 1.54) is 0 Å². The number of thioether (sulfide) groups is 1. The van der Waals surface area contributed by atoms with Gasteiger partial charge in [0.1, 0.15) is 29.9 Å². The fourth-order valence-electron chi connectivity index (χ4n) is 5.48. The van der Waals surface area contributed by atoms with E-state index in [9.17, 15) is 0 Å². The smallest absolute Gasteiger partial charge is 0.137 e. The molecule has 1 saturated heterocycles. The van der Waals surface area contributed by atoms with E-state index >= 15 is 0 Å². The molecule has 0 aliphatic carbocycles. The molecule has 1 aliphatic rings. The minimum Gasteiger partial charge on any atom is -0.374 e. The zero-order valence-electron chi connectivity index (χ0n) is 25.8. The molecule has 5 aromatic carbocycles. The molecule has 46 heavy (non-hydrogen) atoms. The summed E-state index contributed by atoms with van der Waals surface area (Å²) >= 11 is 1.64. The van der Waals surface area contributed by atoms with Crippen molar-refractivity contribution in [1.29, 1.82) is 0 Å². The van der Waals surface area contributed by atoms with Crippen molar-refractivity contribution in [2.45, 2.75) is 61.2 Å². The lowest BCUT2D eigenvalue weighted by molar-refractivity contribution is -0.254. The third kappa shape index (κ3) is 9.39. The van der Waals surface area contributed by atoms with Gasteiger partial charge in [-0.25, -0.2) is 0 Å². The Kier molecular flexibility index (Phi) is 12.1. The van der Waals surface area contributed by atoms with Crippen molar-refractivity contribution in [2.75, 3.05) is 6.61 Å². The van der Waals surface area contributed by atoms with Gasteiger partial charge in [-0.3, -0.25) is 0 Å². The Labute approximate surface area is 276 Å². The average Bonchev–Trinajstić information content (AvgIpc) is 3.12. The topological polar surface area (TPSA) is 46.2 Å². The summed E-state index contributed by atoms with van der Waals surface area (Å²) in [4.78, 5) is 1.09. The molecular weight excluding hydrogens is 593 g/mol. The molecule has 0 bridgehead atoms. The predicted molar refractivity (Wildman–Crippen MR) is 182 cm³/mol. The summed E-state index contributed by atoms with van der Waals surface area (Å²) in [6.45, 7) is 2.08. The van der Waals surface area contributed by atoms with Crippen molar-refractivity contribution in [3.63, 3.8) is 0 Å². The molecule has 0 N–H and O–H groups in total. The predicted octanol–water partition coefficient (Wildman–Crippen LogP) is 8.48. The minimum atomic E-state index is -0.451. The number of benzene rings is 5. The SMILES string of the molecule is c1ccc(COCC2O[C@H](Sc3ccccc3)C(OCc3ccccc3)[C@@H](OCc3ccccc3)[C@@H]2OCc2ccccc2)cc1. The molecule has 1 fully saturated rings. The zero-order chi connectivity index (χ0) is 31.2. The highest BCUT2D eigenvalue weighted by molar-refractivity contribution is 7.99. The fourth-order valence-corrected chi connectivity index (χ4v) is 6.62. The summed E-state index contributed by atoms with van der Waals surface area (Å²) in [6.07, 6.45) is -1.72. The highest BCUT2D eigenvalue weighted by atomic mass is 32.2. The first-order valence-corrected chi connectivity index (χ1v) is 16.7. The van der Waals surface area contributed by atoms with E-state index in [-0.39, 0.29) is 5.44 Å². The van der Waals surface area contributed by atoms with Crippen molar-refractivity contribution in [1.82, 2.24) is 0 Å². The molecule has 5 aromatic rings. The van der Waals surface area contributed by atoms with Gasteiger partial charge in [0.2, 0.25) is 0 Å². The van der Waals surface area contributed by atoms with Gasteiger partial charge in [0.25, 0.3) is 0 Å². The molecule has 6 heteroatoms. The second kappa shape index (κ2) is 17.2.